The van der Waals surface area contributed by atoms with Crippen molar-refractivity contribution in [1.29, 1.82) is 0 Å². The fourth-order valence-corrected chi connectivity index (χ4v) is 5.83. The average molecular weight is 599 g/mol. The summed E-state index contributed by atoms with van der Waals surface area (Å²) in [5, 5.41) is 6.05. The number of hydrogen-bond acceptors (Lipinski definition) is 6. The van der Waals surface area contributed by atoms with E-state index in [0.29, 0.717) is 13.1 Å². The molecule has 0 unspecified atom stereocenters. The largest absolute Gasteiger partial charge is 0.497 e. The number of para-hydroxylation sites is 1. The first kappa shape index (κ1) is 28.4. The van der Waals surface area contributed by atoms with Crippen LogP contribution in [0.4, 0.5) is 5.82 Å². The minimum absolute atomic E-state index is 0.131. The zero-order chi connectivity index (χ0) is 28.9. The van der Waals surface area contributed by atoms with Gasteiger partial charge in [0.1, 0.15) is 17.4 Å². The van der Waals surface area contributed by atoms with E-state index in [2.05, 4.69) is 57.6 Å². The summed E-state index contributed by atoms with van der Waals surface area (Å²) >= 11 is 12.4. The van der Waals surface area contributed by atoms with Crippen LogP contribution in [0.3, 0.4) is 0 Å². The molecule has 0 amide bonds. The van der Waals surface area contributed by atoms with E-state index < -0.39 is 0 Å². The third kappa shape index (κ3) is 6.69. The molecule has 1 aliphatic rings. The monoisotopic (exact) mass is 597 g/mol. The molecule has 5 aromatic rings. The maximum absolute atomic E-state index is 6.22. The molecule has 2 heterocycles. The highest BCUT2D eigenvalue weighted by atomic mass is 35.5. The van der Waals surface area contributed by atoms with E-state index in [4.69, 9.17) is 37.9 Å². The summed E-state index contributed by atoms with van der Waals surface area (Å²) in [7, 11) is 1.69. The summed E-state index contributed by atoms with van der Waals surface area (Å²) in [5.41, 5.74) is 4.52. The molecule has 0 radical (unpaired) electrons. The van der Waals surface area contributed by atoms with Crippen molar-refractivity contribution in [3.63, 3.8) is 0 Å². The summed E-state index contributed by atoms with van der Waals surface area (Å²) in [6, 6.07) is 32.7. The predicted molar refractivity (Wildman–Crippen MR) is 171 cm³/mol. The number of benzene rings is 4. The van der Waals surface area contributed by atoms with E-state index in [1.165, 1.54) is 11.1 Å². The van der Waals surface area contributed by atoms with E-state index in [1.807, 2.05) is 54.6 Å². The Hall–Kier alpha value is -3.68. The van der Waals surface area contributed by atoms with Gasteiger partial charge in [-0.25, -0.2) is 9.97 Å². The third-order valence-corrected chi connectivity index (χ3v) is 8.26. The molecule has 8 heteroatoms. The summed E-state index contributed by atoms with van der Waals surface area (Å²) in [4.78, 5) is 14.9. The summed E-state index contributed by atoms with van der Waals surface area (Å²) < 4.78 is 5.39. The molecule has 0 atom stereocenters. The molecular weight excluding hydrogens is 565 g/mol. The van der Waals surface area contributed by atoms with Crippen molar-refractivity contribution in [3.8, 4) is 5.75 Å². The van der Waals surface area contributed by atoms with Gasteiger partial charge in [-0.15, -0.1) is 0 Å². The predicted octanol–water partition coefficient (Wildman–Crippen LogP) is 7.46. The van der Waals surface area contributed by atoms with Crippen LogP contribution >= 0.6 is 23.2 Å². The lowest BCUT2D eigenvalue weighted by Crippen LogP contribution is -2.47. The van der Waals surface area contributed by atoms with Crippen LogP contribution in [0, 0.1) is 0 Å². The third-order valence-electron chi connectivity index (χ3n) is 7.75. The number of hydrogen-bond donors (Lipinski definition) is 1. The van der Waals surface area contributed by atoms with Gasteiger partial charge in [0.15, 0.2) is 0 Å². The number of fused-ring (bicyclic) bond motifs is 1. The quantitative estimate of drug-likeness (QED) is 0.190. The summed E-state index contributed by atoms with van der Waals surface area (Å²) in [5.74, 6) is 2.51. The first-order valence-electron chi connectivity index (χ1n) is 14.2. The zero-order valence-electron chi connectivity index (χ0n) is 23.5. The molecule has 0 aliphatic carbocycles. The van der Waals surface area contributed by atoms with E-state index in [9.17, 15) is 0 Å². The number of halogens is 2. The van der Waals surface area contributed by atoms with Crippen molar-refractivity contribution in [1.82, 2.24) is 19.8 Å². The molecule has 0 bridgehead atoms. The Morgan fingerprint density at radius 2 is 1.45 bits per heavy atom. The van der Waals surface area contributed by atoms with Crippen molar-refractivity contribution >= 4 is 39.9 Å². The minimum Gasteiger partial charge on any atom is -0.497 e. The number of methoxy groups -OCH3 is 1. The molecule has 1 aromatic heterocycles. The Bertz CT molecular complexity index is 1590. The van der Waals surface area contributed by atoms with E-state index in [1.54, 1.807) is 7.11 Å². The van der Waals surface area contributed by atoms with Gasteiger partial charge in [0.25, 0.3) is 0 Å². The van der Waals surface area contributed by atoms with Crippen molar-refractivity contribution in [2.24, 2.45) is 0 Å². The molecule has 4 aromatic carbocycles. The van der Waals surface area contributed by atoms with Gasteiger partial charge in [0.2, 0.25) is 0 Å². The Kier molecular flexibility index (Phi) is 8.87. The van der Waals surface area contributed by atoms with E-state index >= 15 is 0 Å². The lowest BCUT2D eigenvalue weighted by molar-refractivity contribution is 0.103. The highest BCUT2D eigenvalue weighted by Crippen LogP contribution is 2.31. The van der Waals surface area contributed by atoms with Crippen LogP contribution < -0.4 is 10.1 Å². The molecule has 0 saturated carbocycles. The first-order chi connectivity index (χ1) is 20.6. The minimum atomic E-state index is 0.131. The number of ether oxygens (including phenoxy) is 1. The molecule has 0 spiro atoms. The van der Waals surface area contributed by atoms with Crippen molar-refractivity contribution < 1.29 is 4.74 Å². The molecule has 1 saturated heterocycles. The van der Waals surface area contributed by atoms with Gasteiger partial charge < -0.3 is 10.1 Å². The Morgan fingerprint density at radius 3 is 2.12 bits per heavy atom. The number of anilines is 1. The lowest BCUT2D eigenvalue weighted by atomic mass is 9.96. The maximum Gasteiger partial charge on any atom is 0.145 e. The first-order valence-corrected chi connectivity index (χ1v) is 14.9. The highest BCUT2D eigenvalue weighted by Gasteiger charge is 2.27. The van der Waals surface area contributed by atoms with Crippen molar-refractivity contribution in [3.05, 3.63) is 130 Å². The standard InChI is InChI=1S/C34H33Cl2N5O/c1-42-29-6-4-5-24(21-29)22-37-34-30-7-2-3-8-31(30)38-32(39-34)23-40-17-19-41(20-18-40)33(25-9-13-27(35)14-10-25)26-11-15-28(36)16-12-26/h2-16,21,33H,17-20,22-23H2,1H3,(H,37,38,39). The number of nitrogens with one attached hydrogen (secondary N) is 1. The molecule has 214 valence electrons. The van der Waals surface area contributed by atoms with Crippen LogP contribution in [-0.2, 0) is 13.1 Å². The zero-order valence-corrected chi connectivity index (χ0v) is 25.0. The molecule has 1 aliphatic heterocycles. The maximum atomic E-state index is 6.22. The topological polar surface area (TPSA) is 53.5 Å². The second-order valence-electron chi connectivity index (χ2n) is 10.5. The van der Waals surface area contributed by atoms with Crippen LogP contribution in [-0.4, -0.2) is 53.1 Å². The number of rotatable bonds is 9. The van der Waals surface area contributed by atoms with Crippen LogP contribution in [0.15, 0.2) is 97.1 Å². The smallest absolute Gasteiger partial charge is 0.145 e. The highest BCUT2D eigenvalue weighted by molar-refractivity contribution is 6.30. The van der Waals surface area contributed by atoms with Crippen LogP contribution in [0.1, 0.15) is 28.6 Å². The van der Waals surface area contributed by atoms with Gasteiger partial charge in [-0.05, 0) is 65.2 Å². The van der Waals surface area contributed by atoms with Crippen molar-refractivity contribution in [2.75, 3.05) is 38.6 Å². The number of nitrogens with zero attached hydrogens (tertiary/aromatic N) is 4. The average Bonchev–Trinajstić information content (AvgIpc) is 3.03. The number of piperazine rings is 1. The van der Waals surface area contributed by atoms with Gasteiger partial charge in [-0.2, -0.15) is 0 Å². The number of aromatic nitrogens is 2. The van der Waals surface area contributed by atoms with Crippen LogP contribution in [0.5, 0.6) is 5.75 Å². The Labute approximate surface area is 256 Å². The molecule has 6 nitrogen and oxygen atoms in total. The van der Waals surface area contributed by atoms with Crippen molar-refractivity contribution in [2.45, 2.75) is 19.1 Å². The van der Waals surface area contributed by atoms with Gasteiger partial charge >= 0.3 is 0 Å². The van der Waals surface area contributed by atoms with Gasteiger partial charge in [-0.1, -0.05) is 71.7 Å². The second kappa shape index (κ2) is 13.1. The molecule has 6 rings (SSSR count). The lowest BCUT2D eigenvalue weighted by Gasteiger charge is -2.39. The Morgan fingerprint density at radius 1 is 0.786 bits per heavy atom. The van der Waals surface area contributed by atoms with E-state index in [-0.39, 0.29) is 6.04 Å². The Balaban J connectivity index is 1.17. The van der Waals surface area contributed by atoms with Crippen LogP contribution in [0.25, 0.3) is 10.9 Å². The fraction of sp³-hybridized carbons (Fsp3) is 0.235. The molecule has 1 fully saturated rings. The van der Waals surface area contributed by atoms with Gasteiger partial charge in [0, 0.05) is 48.2 Å². The molecule has 1 N–H and O–H groups in total. The second-order valence-corrected chi connectivity index (χ2v) is 11.4. The van der Waals surface area contributed by atoms with E-state index in [0.717, 1.165) is 70.1 Å². The summed E-state index contributed by atoms with van der Waals surface area (Å²) in [6.45, 7) is 5.02. The molecule has 42 heavy (non-hydrogen) atoms. The van der Waals surface area contributed by atoms with Gasteiger partial charge in [-0.3, -0.25) is 9.80 Å². The van der Waals surface area contributed by atoms with Gasteiger partial charge in [0.05, 0.1) is 25.2 Å². The van der Waals surface area contributed by atoms with Crippen LogP contribution in [0.2, 0.25) is 10.0 Å². The SMILES string of the molecule is COc1cccc(CNc2nc(CN3CCN(C(c4ccc(Cl)cc4)c4ccc(Cl)cc4)CC3)nc3ccccc23)c1. The fourth-order valence-electron chi connectivity index (χ4n) is 5.58. The summed E-state index contributed by atoms with van der Waals surface area (Å²) in [6.07, 6.45) is 0. The normalized spacial score (nSPS) is 14.4. The molecular formula is C34H33Cl2N5O.